The summed E-state index contributed by atoms with van der Waals surface area (Å²) in [5.41, 5.74) is 0.742. The van der Waals surface area contributed by atoms with Gasteiger partial charge < -0.3 is 0 Å². The first-order chi connectivity index (χ1) is 6.08. The maximum atomic E-state index is 10.0. The second-order valence-electron chi connectivity index (χ2n) is 2.24. The highest BCUT2D eigenvalue weighted by atomic mass is 32.3. The molecule has 1 aromatic rings. The molecule has 1 rings (SSSR count). The van der Waals surface area contributed by atoms with E-state index in [1.54, 1.807) is 24.3 Å². The van der Waals surface area contributed by atoms with Crippen molar-refractivity contribution in [3.8, 4) is 0 Å². The average Bonchev–Trinajstić information content (AvgIpc) is 2.04. The number of hydrogen-bond acceptors (Lipinski definition) is 4. The van der Waals surface area contributed by atoms with Gasteiger partial charge in [-0.2, -0.15) is 8.42 Å². The Hall–Kier alpha value is -0.950. The smallest absolute Gasteiger partial charge is 0.262 e. The molecular weight excluding hydrogens is 196 g/mol. The van der Waals surface area contributed by atoms with Gasteiger partial charge in [0.1, 0.15) is 6.61 Å². The lowest BCUT2D eigenvalue weighted by Gasteiger charge is -1.99. The molecule has 0 radical (unpaired) electrons. The molecule has 13 heavy (non-hydrogen) atoms. The molecule has 6 heteroatoms. The minimum absolute atomic E-state index is 0.0410. The molecule has 0 heterocycles. The Morgan fingerprint density at radius 2 is 1.85 bits per heavy atom. The largest absolute Gasteiger partial charge is 0.424 e. The van der Waals surface area contributed by atoms with Crippen LogP contribution in [0.3, 0.4) is 0 Å². The fourth-order valence-electron chi connectivity index (χ4n) is 0.727. The molecule has 0 bridgehead atoms. The first-order valence-corrected chi connectivity index (χ1v) is 4.77. The van der Waals surface area contributed by atoms with Gasteiger partial charge in [-0.25, -0.2) is 4.89 Å². The van der Waals surface area contributed by atoms with Crippen LogP contribution in [-0.2, 0) is 26.2 Å². The Morgan fingerprint density at radius 1 is 1.23 bits per heavy atom. The van der Waals surface area contributed by atoms with E-state index in [-0.39, 0.29) is 6.61 Å². The van der Waals surface area contributed by atoms with Crippen LogP contribution in [0.25, 0.3) is 0 Å². The lowest BCUT2D eigenvalue weighted by Crippen LogP contribution is -2.04. The maximum Gasteiger partial charge on any atom is 0.424 e. The summed E-state index contributed by atoms with van der Waals surface area (Å²) in [5.74, 6) is 0. The minimum atomic E-state index is -4.52. The lowest BCUT2D eigenvalue weighted by molar-refractivity contribution is -0.218. The Balaban J connectivity index is 2.37. The van der Waals surface area contributed by atoms with Gasteiger partial charge in [-0.05, 0) is 5.56 Å². The van der Waals surface area contributed by atoms with Crippen molar-refractivity contribution in [3.05, 3.63) is 35.9 Å². The second-order valence-corrected chi connectivity index (χ2v) is 3.24. The van der Waals surface area contributed by atoms with E-state index in [0.29, 0.717) is 0 Å². The standard InChI is InChI=1S/C7H8O5S/c8-13(9,10)12-11-6-7-4-2-1-3-5-7/h1-5H,6H2,(H,8,9,10). The van der Waals surface area contributed by atoms with E-state index in [0.717, 1.165) is 5.56 Å². The van der Waals surface area contributed by atoms with Crippen molar-refractivity contribution in [1.29, 1.82) is 0 Å². The van der Waals surface area contributed by atoms with Crippen LogP contribution in [0.5, 0.6) is 0 Å². The summed E-state index contributed by atoms with van der Waals surface area (Å²) in [4.78, 5) is 4.25. The van der Waals surface area contributed by atoms with Crippen molar-refractivity contribution in [2.75, 3.05) is 0 Å². The molecule has 0 atom stereocenters. The van der Waals surface area contributed by atoms with Crippen LogP contribution in [-0.4, -0.2) is 13.0 Å². The molecule has 0 aliphatic carbocycles. The molecule has 0 unspecified atom stereocenters. The van der Waals surface area contributed by atoms with E-state index in [9.17, 15) is 8.42 Å². The van der Waals surface area contributed by atoms with E-state index in [1.807, 2.05) is 6.07 Å². The predicted molar refractivity (Wildman–Crippen MR) is 43.9 cm³/mol. The van der Waals surface area contributed by atoms with Crippen molar-refractivity contribution >= 4 is 10.4 Å². The summed E-state index contributed by atoms with van der Waals surface area (Å²) >= 11 is 0. The first-order valence-electron chi connectivity index (χ1n) is 3.40. The highest BCUT2D eigenvalue weighted by Gasteiger charge is 2.04. The van der Waals surface area contributed by atoms with Crippen molar-refractivity contribution in [3.63, 3.8) is 0 Å². The second kappa shape index (κ2) is 4.33. The third-order valence-corrected chi connectivity index (χ3v) is 1.47. The Kier molecular flexibility index (Phi) is 3.38. The van der Waals surface area contributed by atoms with Crippen LogP contribution in [0.4, 0.5) is 0 Å². The first kappa shape index (κ1) is 10.1. The van der Waals surface area contributed by atoms with Crippen LogP contribution >= 0.6 is 0 Å². The fraction of sp³-hybridized carbons (Fsp3) is 0.143. The van der Waals surface area contributed by atoms with Crippen molar-refractivity contribution in [1.82, 2.24) is 0 Å². The third kappa shape index (κ3) is 4.58. The molecule has 0 saturated heterocycles. The monoisotopic (exact) mass is 204 g/mol. The van der Waals surface area contributed by atoms with Gasteiger partial charge in [0.2, 0.25) is 0 Å². The van der Waals surface area contributed by atoms with Gasteiger partial charge >= 0.3 is 10.4 Å². The molecule has 1 N–H and O–H groups in total. The van der Waals surface area contributed by atoms with Crippen LogP contribution in [0.1, 0.15) is 5.56 Å². The van der Waals surface area contributed by atoms with Gasteiger partial charge in [-0.1, -0.05) is 34.7 Å². The molecule has 72 valence electrons. The van der Waals surface area contributed by atoms with E-state index in [2.05, 4.69) is 9.22 Å². The average molecular weight is 204 g/mol. The summed E-state index contributed by atoms with van der Waals surface area (Å²) in [6.45, 7) is -0.0410. The van der Waals surface area contributed by atoms with Gasteiger partial charge in [-0.15, -0.1) is 0 Å². The van der Waals surface area contributed by atoms with Crippen LogP contribution in [0.2, 0.25) is 0 Å². The Morgan fingerprint density at radius 3 is 2.38 bits per heavy atom. The highest BCUT2D eigenvalue weighted by molar-refractivity contribution is 7.80. The number of rotatable bonds is 4. The van der Waals surface area contributed by atoms with Crippen LogP contribution < -0.4 is 0 Å². The van der Waals surface area contributed by atoms with Gasteiger partial charge in [0.05, 0.1) is 0 Å². The van der Waals surface area contributed by atoms with Crippen molar-refractivity contribution in [2.24, 2.45) is 0 Å². The van der Waals surface area contributed by atoms with Gasteiger partial charge in [-0.3, -0.25) is 4.55 Å². The molecule has 0 amide bonds. The Bertz CT molecular complexity index is 344. The van der Waals surface area contributed by atoms with E-state index < -0.39 is 10.4 Å². The van der Waals surface area contributed by atoms with Crippen molar-refractivity contribution in [2.45, 2.75) is 6.61 Å². The topological polar surface area (TPSA) is 72.8 Å². The molecule has 0 spiro atoms. The lowest BCUT2D eigenvalue weighted by atomic mass is 10.2. The third-order valence-electron chi connectivity index (χ3n) is 1.20. The summed E-state index contributed by atoms with van der Waals surface area (Å²) in [5, 5.41) is 0. The van der Waals surface area contributed by atoms with Crippen molar-refractivity contribution < 1.29 is 22.2 Å². The molecule has 0 fully saturated rings. The highest BCUT2D eigenvalue weighted by Crippen LogP contribution is 2.01. The minimum Gasteiger partial charge on any atom is -0.262 e. The summed E-state index contributed by atoms with van der Waals surface area (Å²) < 4.78 is 31.8. The van der Waals surface area contributed by atoms with E-state index in [1.165, 1.54) is 0 Å². The zero-order valence-electron chi connectivity index (χ0n) is 6.58. The SMILES string of the molecule is O=S(=O)(O)OOCc1ccccc1. The molecular formula is C7H8O5S. The predicted octanol–water partition coefficient (Wildman–Crippen LogP) is 0.938. The van der Waals surface area contributed by atoms with Crippen LogP contribution in [0.15, 0.2) is 30.3 Å². The fourth-order valence-corrected chi connectivity index (χ4v) is 0.897. The maximum absolute atomic E-state index is 10.0. The van der Waals surface area contributed by atoms with Gasteiger partial charge in [0.15, 0.2) is 0 Å². The normalized spacial score (nSPS) is 11.5. The quantitative estimate of drug-likeness (QED) is 0.449. The van der Waals surface area contributed by atoms with Gasteiger partial charge in [0, 0.05) is 0 Å². The van der Waals surface area contributed by atoms with Crippen LogP contribution in [0, 0.1) is 0 Å². The van der Waals surface area contributed by atoms with Gasteiger partial charge in [0.25, 0.3) is 0 Å². The summed E-state index contributed by atoms with van der Waals surface area (Å²) in [6.07, 6.45) is 0. The number of benzene rings is 1. The molecule has 1 aromatic carbocycles. The zero-order chi connectivity index (χ0) is 9.73. The molecule has 0 aromatic heterocycles. The summed E-state index contributed by atoms with van der Waals surface area (Å²) in [7, 11) is -4.52. The zero-order valence-corrected chi connectivity index (χ0v) is 7.40. The Labute approximate surface area is 75.8 Å². The summed E-state index contributed by atoms with van der Waals surface area (Å²) in [6, 6.07) is 8.81. The molecule has 0 aliphatic heterocycles. The molecule has 0 aliphatic rings. The molecule has 0 saturated carbocycles. The molecule has 5 nitrogen and oxygen atoms in total. The van der Waals surface area contributed by atoms with E-state index >= 15 is 0 Å². The number of hydrogen-bond donors (Lipinski definition) is 1. The van der Waals surface area contributed by atoms with E-state index in [4.69, 9.17) is 4.55 Å².